The molecule has 0 radical (unpaired) electrons. The molecule has 0 aliphatic heterocycles. The van der Waals surface area contributed by atoms with Crippen molar-refractivity contribution >= 4 is 0 Å². The van der Waals surface area contributed by atoms with Crippen LogP contribution >= 0.6 is 0 Å². The average molecular weight is 238 g/mol. The zero-order chi connectivity index (χ0) is 12.8. The monoisotopic (exact) mass is 238 g/mol. The minimum absolute atomic E-state index is 0.160. The predicted octanol–water partition coefficient (Wildman–Crippen LogP) is 2.93. The van der Waals surface area contributed by atoms with E-state index in [-0.39, 0.29) is 12.2 Å². The normalized spacial score (nSPS) is 14.7. The Morgan fingerprint density at radius 2 is 1.76 bits per heavy atom. The predicted molar refractivity (Wildman–Crippen MR) is 68.3 cm³/mol. The van der Waals surface area contributed by atoms with Gasteiger partial charge >= 0.3 is 0 Å². The number of hydrogen-bond donors (Lipinski definition) is 1. The molecule has 1 aromatic rings. The molecule has 0 fully saturated rings. The van der Waals surface area contributed by atoms with Crippen molar-refractivity contribution in [3.8, 4) is 5.75 Å². The summed E-state index contributed by atoms with van der Waals surface area (Å²) in [4.78, 5) is 0. The first-order valence-electron chi connectivity index (χ1n) is 6.06. The Morgan fingerprint density at radius 3 is 2.18 bits per heavy atom. The highest BCUT2D eigenvalue weighted by Crippen LogP contribution is 2.23. The van der Waals surface area contributed by atoms with Gasteiger partial charge in [0.2, 0.25) is 0 Å². The molecule has 96 valence electrons. The lowest BCUT2D eigenvalue weighted by Crippen LogP contribution is -2.19. The molecule has 0 saturated carbocycles. The maximum Gasteiger partial charge on any atom is 0.119 e. The third-order valence-electron chi connectivity index (χ3n) is 2.65. The highest BCUT2D eigenvalue weighted by atomic mass is 16.5. The molecule has 0 spiro atoms. The SMILES string of the molecule is CCC(OC)C(O)c1ccc(OC(C)C)cc1. The Morgan fingerprint density at radius 1 is 1.18 bits per heavy atom. The molecule has 0 bridgehead atoms. The fourth-order valence-electron chi connectivity index (χ4n) is 1.75. The lowest BCUT2D eigenvalue weighted by molar-refractivity contribution is -0.0148. The van der Waals surface area contributed by atoms with Gasteiger partial charge in [-0.25, -0.2) is 0 Å². The van der Waals surface area contributed by atoms with Crippen LogP contribution in [0.1, 0.15) is 38.9 Å². The second-order valence-corrected chi connectivity index (χ2v) is 4.36. The molecule has 3 nitrogen and oxygen atoms in total. The van der Waals surface area contributed by atoms with Crippen LogP contribution in [0, 0.1) is 0 Å². The van der Waals surface area contributed by atoms with E-state index in [2.05, 4.69) is 0 Å². The van der Waals surface area contributed by atoms with Crippen molar-refractivity contribution in [2.24, 2.45) is 0 Å². The quantitative estimate of drug-likeness (QED) is 0.828. The van der Waals surface area contributed by atoms with Gasteiger partial charge in [-0.2, -0.15) is 0 Å². The highest BCUT2D eigenvalue weighted by molar-refractivity contribution is 5.29. The van der Waals surface area contributed by atoms with E-state index in [0.29, 0.717) is 0 Å². The van der Waals surface area contributed by atoms with E-state index in [1.54, 1.807) is 7.11 Å². The highest BCUT2D eigenvalue weighted by Gasteiger charge is 2.18. The third kappa shape index (κ3) is 4.02. The van der Waals surface area contributed by atoms with E-state index < -0.39 is 6.10 Å². The number of rotatable bonds is 6. The maximum atomic E-state index is 10.1. The molecule has 2 atom stereocenters. The van der Waals surface area contributed by atoms with E-state index >= 15 is 0 Å². The number of aliphatic hydroxyl groups is 1. The number of hydrogen-bond acceptors (Lipinski definition) is 3. The van der Waals surface area contributed by atoms with Crippen molar-refractivity contribution in [3.05, 3.63) is 29.8 Å². The van der Waals surface area contributed by atoms with Crippen LogP contribution in [0.2, 0.25) is 0 Å². The smallest absolute Gasteiger partial charge is 0.119 e. The Bertz CT molecular complexity index is 315. The van der Waals surface area contributed by atoms with Gasteiger partial charge in [-0.05, 0) is 38.0 Å². The van der Waals surface area contributed by atoms with Crippen LogP contribution in [0.25, 0.3) is 0 Å². The fraction of sp³-hybridized carbons (Fsp3) is 0.571. The first-order chi connectivity index (χ1) is 8.08. The van der Waals surface area contributed by atoms with E-state index in [4.69, 9.17) is 9.47 Å². The van der Waals surface area contributed by atoms with Gasteiger partial charge in [0.1, 0.15) is 11.9 Å². The Labute approximate surface area is 103 Å². The van der Waals surface area contributed by atoms with Crippen molar-refractivity contribution in [1.82, 2.24) is 0 Å². The minimum atomic E-state index is -0.585. The summed E-state index contributed by atoms with van der Waals surface area (Å²) in [5.74, 6) is 0.821. The Balaban J connectivity index is 2.72. The first-order valence-corrected chi connectivity index (χ1v) is 6.06. The molecule has 0 amide bonds. The van der Waals surface area contributed by atoms with Gasteiger partial charge in [-0.1, -0.05) is 19.1 Å². The largest absolute Gasteiger partial charge is 0.491 e. The minimum Gasteiger partial charge on any atom is -0.491 e. The van der Waals surface area contributed by atoms with Crippen LogP contribution < -0.4 is 4.74 Å². The van der Waals surface area contributed by atoms with Crippen molar-refractivity contribution < 1.29 is 14.6 Å². The Hall–Kier alpha value is -1.06. The van der Waals surface area contributed by atoms with Gasteiger partial charge in [0.15, 0.2) is 0 Å². The molecule has 2 unspecified atom stereocenters. The molecule has 0 aliphatic carbocycles. The summed E-state index contributed by atoms with van der Waals surface area (Å²) in [5, 5.41) is 10.1. The van der Waals surface area contributed by atoms with Crippen LogP contribution in [-0.4, -0.2) is 24.4 Å². The van der Waals surface area contributed by atoms with E-state index in [9.17, 15) is 5.11 Å². The molecule has 0 aromatic heterocycles. The summed E-state index contributed by atoms with van der Waals surface area (Å²) in [7, 11) is 1.62. The van der Waals surface area contributed by atoms with Crippen molar-refractivity contribution in [2.45, 2.75) is 45.5 Å². The average Bonchev–Trinajstić information content (AvgIpc) is 2.30. The fourth-order valence-corrected chi connectivity index (χ4v) is 1.75. The van der Waals surface area contributed by atoms with Crippen LogP contribution in [0.4, 0.5) is 0 Å². The van der Waals surface area contributed by atoms with Gasteiger partial charge in [0, 0.05) is 7.11 Å². The number of benzene rings is 1. The topological polar surface area (TPSA) is 38.7 Å². The third-order valence-corrected chi connectivity index (χ3v) is 2.65. The standard InChI is InChI=1S/C14H22O3/c1-5-13(16-4)14(15)11-6-8-12(9-7-11)17-10(2)3/h6-10,13-15H,5H2,1-4H3. The lowest BCUT2D eigenvalue weighted by Gasteiger charge is -2.20. The van der Waals surface area contributed by atoms with E-state index in [1.807, 2.05) is 45.0 Å². The van der Waals surface area contributed by atoms with Gasteiger partial charge < -0.3 is 14.6 Å². The summed E-state index contributed by atoms with van der Waals surface area (Å²) >= 11 is 0. The van der Waals surface area contributed by atoms with Crippen molar-refractivity contribution in [3.63, 3.8) is 0 Å². The summed E-state index contributed by atoms with van der Waals surface area (Å²) in [6, 6.07) is 7.51. The molecular formula is C14H22O3. The first kappa shape index (κ1) is 14.0. The van der Waals surface area contributed by atoms with E-state index in [0.717, 1.165) is 17.7 Å². The molecule has 1 aromatic carbocycles. The van der Waals surface area contributed by atoms with Gasteiger partial charge in [0.25, 0.3) is 0 Å². The number of ether oxygens (including phenoxy) is 2. The summed E-state index contributed by atoms with van der Waals surface area (Å²) in [6.07, 6.45) is 0.195. The molecule has 0 aliphatic rings. The summed E-state index contributed by atoms with van der Waals surface area (Å²) < 4.78 is 10.8. The zero-order valence-corrected chi connectivity index (χ0v) is 11.0. The number of methoxy groups -OCH3 is 1. The van der Waals surface area contributed by atoms with Crippen LogP contribution in [-0.2, 0) is 4.74 Å². The second kappa shape index (κ2) is 6.62. The van der Waals surface area contributed by atoms with Crippen LogP contribution in [0.5, 0.6) is 5.75 Å². The number of aliphatic hydroxyl groups excluding tert-OH is 1. The molecule has 1 N–H and O–H groups in total. The molecular weight excluding hydrogens is 216 g/mol. The molecule has 0 heterocycles. The lowest BCUT2D eigenvalue weighted by atomic mass is 10.0. The Kier molecular flexibility index (Phi) is 5.45. The molecule has 1 rings (SSSR count). The molecule has 17 heavy (non-hydrogen) atoms. The zero-order valence-electron chi connectivity index (χ0n) is 11.0. The van der Waals surface area contributed by atoms with Gasteiger partial charge in [-0.15, -0.1) is 0 Å². The summed E-state index contributed by atoms with van der Waals surface area (Å²) in [6.45, 7) is 5.97. The summed E-state index contributed by atoms with van der Waals surface area (Å²) in [5.41, 5.74) is 0.856. The van der Waals surface area contributed by atoms with E-state index in [1.165, 1.54) is 0 Å². The second-order valence-electron chi connectivity index (χ2n) is 4.36. The van der Waals surface area contributed by atoms with Crippen molar-refractivity contribution in [1.29, 1.82) is 0 Å². The van der Waals surface area contributed by atoms with Crippen LogP contribution in [0.3, 0.4) is 0 Å². The van der Waals surface area contributed by atoms with Crippen molar-refractivity contribution in [2.75, 3.05) is 7.11 Å². The maximum absolute atomic E-state index is 10.1. The van der Waals surface area contributed by atoms with Crippen LogP contribution in [0.15, 0.2) is 24.3 Å². The molecule has 0 saturated heterocycles. The molecule has 3 heteroatoms. The van der Waals surface area contributed by atoms with Gasteiger partial charge in [0.05, 0.1) is 12.2 Å². The van der Waals surface area contributed by atoms with Gasteiger partial charge in [-0.3, -0.25) is 0 Å².